The van der Waals surface area contributed by atoms with Crippen molar-refractivity contribution >= 4 is 50.7 Å². The van der Waals surface area contributed by atoms with Gasteiger partial charge in [0.2, 0.25) is 21.8 Å². The third-order valence-electron chi connectivity index (χ3n) is 5.79. The van der Waals surface area contributed by atoms with E-state index >= 15 is 0 Å². The molecule has 1 atom stereocenters. The molecule has 2 rings (SSSR count). The van der Waals surface area contributed by atoms with Crippen LogP contribution < -0.4 is 19.1 Å². The molecule has 2 aromatic carbocycles. The Hall–Kier alpha value is -2.69. The Morgan fingerprint density at radius 1 is 1.03 bits per heavy atom. The average Bonchev–Trinajstić information content (AvgIpc) is 2.86. The summed E-state index contributed by atoms with van der Waals surface area (Å²) < 4.78 is 37.1. The number of nitrogens with one attached hydrogen (secondary N) is 1. The maximum atomic E-state index is 13.8. The number of methoxy groups -OCH3 is 2. The second-order valence-electron chi connectivity index (χ2n) is 9.09. The van der Waals surface area contributed by atoms with Gasteiger partial charge in [0, 0.05) is 34.8 Å². The lowest BCUT2D eigenvalue weighted by atomic mass is 10.1. The number of halogens is 2. The van der Waals surface area contributed by atoms with Crippen LogP contribution in [0, 0.1) is 5.92 Å². The van der Waals surface area contributed by atoms with Crippen LogP contribution in [0.4, 0.5) is 5.69 Å². The monoisotopic (exact) mass is 587 g/mol. The standard InChI is InChI=1S/C26H35Cl2N3O6S/c1-7-22(26(33)29-14-17(2)3)30(15-19-20(27)9-8-10-21(19)28)25(32)16-31(38(6,34)35)18-11-12-23(36-4)24(13-18)37-5/h8-13,17,22H,7,14-16H2,1-6H3,(H,29,33)/t22-/m1/s1. The van der Waals surface area contributed by atoms with Crippen LogP contribution in [0.25, 0.3) is 0 Å². The fraction of sp³-hybridized carbons (Fsp3) is 0.462. The van der Waals surface area contributed by atoms with E-state index in [2.05, 4.69) is 5.32 Å². The lowest BCUT2D eigenvalue weighted by molar-refractivity contribution is -0.140. The fourth-order valence-corrected chi connectivity index (χ4v) is 5.15. The molecule has 38 heavy (non-hydrogen) atoms. The van der Waals surface area contributed by atoms with E-state index in [0.29, 0.717) is 33.7 Å². The van der Waals surface area contributed by atoms with E-state index in [1.807, 2.05) is 13.8 Å². The summed E-state index contributed by atoms with van der Waals surface area (Å²) in [4.78, 5) is 28.3. The number of benzene rings is 2. The minimum absolute atomic E-state index is 0.0888. The molecule has 12 heteroatoms. The van der Waals surface area contributed by atoms with E-state index < -0.39 is 28.5 Å². The summed E-state index contributed by atoms with van der Waals surface area (Å²) in [5.74, 6) is -0.0592. The first-order valence-corrected chi connectivity index (χ1v) is 14.6. The Morgan fingerprint density at radius 3 is 2.13 bits per heavy atom. The topological polar surface area (TPSA) is 105 Å². The Kier molecular flexibility index (Phi) is 11.5. The largest absolute Gasteiger partial charge is 0.493 e. The van der Waals surface area contributed by atoms with E-state index in [4.69, 9.17) is 32.7 Å². The van der Waals surface area contributed by atoms with Gasteiger partial charge in [-0.3, -0.25) is 13.9 Å². The molecule has 9 nitrogen and oxygen atoms in total. The van der Waals surface area contributed by atoms with Crippen LogP contribution in [-0.2, 0) is 26.2 Å². The van der Waals surface area contributed by atoms with Gasteiger partial charge in [0.25, 0.3) is 0 Å². The highest BCUT2D eigenvalue weighted by molar-refractivity contribution is 7.92. The van der Waals surface area contributed by atoms with Gasteiger partial charge in [-0.25, -0.2) is 8.42 Å². The van der Waals surface area contributed by atoms with Crippen molar-refractivity contribution in [2.45, 2.75) is 39.8 Å². The van der Waals surface area contributed by atoms with E-state index in [1.54, 1.807) is 31.2 Å². The molecule has 0 unspecified atom stereocenters. The van der Waals surface area contributed by atoms with E-state index in [-0.39, 0.29) is 30.5 Å². The molecule has 0 radical (unpaired) electrons. The number of nitrogens with zero attached hydrogens (tertiary/aromatic N) is 2. The zero-order valence-corrected chi connectivity index (χ0v) is 24.8. The molecule has 0 bridgehead atoms. The van der Waals surface area contributed by atoms with E-state index in [0.717, 1.165) is 10.6 Å². The highest BCUT2D eigenvalue weighted by Gasteiger charge is 2.32. The van der Waals surface area contributed by atoms with Crippen LogP contribution in [0.15, 0.2) is 36.4 Å². The number of carbonyl (C=O) groups excluding carboxylic acids is 2. The summed E-state index contributed by atoms with van der Waals surface area (Å²) in [5.41, 5.74) is 0.655. The lowest BCUT2D eigenvalue weighted by Crippen LogP contribution is -2.52. The summed E-state index contributed by atoms with van der Waals surface area (Å²) in [6.07, 6.45) is 1.28. The molecule has 0 aliphatic heterocycles. The molecule has 0 heterocycles. The smallest absolute Gasteiger partial charge is 0.244 e. The molecule has 2 aromatic rings. The molecule has 2 amide bonds. The summed E-state index contributed by atoms with van der Waals surface area (Å²) in [7, 11) is -1.03. The maximum absolute atomic E-state index is 13.8. The number of carbonyl (C=O) groups is 2. The molecular weight excluding hydrogens is 553 g/mol. The number of amides is 2. The third-order valence-corrected chi connectivity index (χ3v) is 7.64. The zero-order chi connectivity index (χ0) is 28.6. The third kappa shape index (κ3) is 8.15. The van der Waals surface area contributed by atoms with Crippen LogP contribution in [0.1, 0.15) is 32.8 Å². The van der Waals surface area contributed by atoms with Crippen LogP contribution in [0.5, 0.6) is 11.5 Å². The van der Waals surface area contributed by atoms with E-state index in [9.17, 15) is 18.0 Å². The molecule has 210 valence electrons. The van der Waals surface area contributed by atoms with Gasteiger partial charge in [-0.2, -0.15) is 0 Å². The van der Waals surface area contributed by atoms with Gasteiger partial charge in [-0.15, -0.1) is 0 Å². The highest BCUT2D eigenvalue weighted by Crippen LogP contribution is 2.33. The molecule has 0 aromatic heterocycles. The van der Waals surface area contributed by atoms with Crippen molar-refractivity contribution in [3.05, 3.63) is 52.0 Å². The molecule has 0 fully saturated rings. The minimum Gasteiger partial charge on any atom is -0.493 e. The molecular formula is C26H35Cl2N3O6S. The van der Waals surface area contributed by atoms with Crippen LogP contribution in [0.3, 0.4) is 0 Å². The van der Waals surface area contributed by atoms with Gasteiger partial charge in [-0.05, 0) is 36.6 Å². The molecule has 0 spiro atoms. The van der Waals surface area contributed by atoms with Crippen molar-refractivity contribution in [1.82, 2.24) is 10.2 Å². The van der Waals surface area contributed by atoms with Crippen molar-refractivity contribution in [2.24, 2.45) is 5.92 Å². The van der Waals surface area contributed by atoms with E-state index in [1.165, 1.54) is 31.3 Å². The van der Waals surface area contributed by atoms with Crippen LogP contribution in [-0.4, -0.2) is 64.7 Å². The number of anilines is 1. The summed E-state index contributed by atoms with van der Waals surface area (Å²) in [6, 6.07) is 8.59. The first-order valence-electron chi connectivity index (χ1n) is 12.0. The summed E-state index contributed by atoms with van der Waals surface area (Å²) >= 11 is 12.8. The van der Waals surface area contributed by atoms with Gasteiger partial charge < -0.3 is 19.7 Å². The number of sulfonamides is 1. The summed E-state index contributed by atoms with van der Waals surface area (Å²) in [5, 5.41) is 3.52. The first kappa shape index (κ1) is 31.5. The van der Waals surface area contributed by atoms with Gasteiger partial charge >= 0.3 is 0 Å². The van der Waals surface area contributed by atoms with Crippen LogP contribution >= 0.6 is 23.2 Å². The highest BCUT2D eigenvalue weighted by atomic mass is 35.5. The zero-order valence-electron chi connectivity index (χ0n) is 22.5. The van der Waals surface area contributed by atoms with Crippen molar-refractivity contribution in [1.29, 1.82) is 0 Å². The lowest BCUT2D eigenvalue weighted by Gasteiger charge is -2.33. The Labute approximate surface area is 235 Å². The number of hydrogen-bond donors (Lipinski definition) is 1. The SMILES string of the molecule is CC[C@H](C(=O)NCC(C)C)N(Cc1c(Cl)cccc1Cl)C(=O)CN(c1ccc(OC)c(OC)c1)S(C)(=O)=O. The quantitative estimate of drug-likeness (QED) is 0.373. The predicted molar refractivity (Wildman–Crippen MR) is 151 cm³/mol. The Bertz CT molecular complexity index is 1220. The van der Waals surface area contributed by atoms with Crippen LogP contribution in [0.2, 0.25) is 10.0 Å². The fourth-order valence-electron chi connectivity index (χ4n) is 3.79. The average molecular weight is 589 g/mol. The van der Waals surface area contributed by atoms with Crippen molar-refractivity contribution in [3.63, 3.8) is 0 Å². The Balaban J connectivity index is 2.53. The van der Waals surface area contributed by atoms with Crippen molar-refractivity contribution in [2.75, 3.05) is 37.9 Å². The minimum atomic E-state index is -3.92. The van der Waals surface area contributed by atoms with Gasteiger partial charge in [0.15, 0.2) is 11.5 Å². The number of ether oxygens (including phenoxy) is 2. The van der Waals surface area contributed by atoms with Gasteiger partial charge in [0.05, 0.1) is 26.2 Å². The number of hydrogen-bond acceptors (Lipinski definition) is 6. The first-order chi connectivity index (χ1) is 17.8. The van der Waals surface area contributed by atoms with Crippen molar-refractivity contribution in [3.8, 4) is 11.5 Å². The molecule has 0 saturated heterocycles. The van der Waals surface area contributed by atoms with Crippen molar-refractivity contribution < 1.29 is 27.5 Å². The number of rotatable bonds is 13. The molecule has 1 N–H and O–H groups in total. The predicted octanol–water partition coefficient (Wildman–Crippen LogP) is 4.36. The second kappa shape index (κ2) is 13.9. The molecule has 0 aliphatic rings. The van der Waals surface area contributed by atoms with Gasteiger partial charge in [0.1, 0.15) is 12.6 Å². The van der Waals surface area contributed by atoms with Gasteiger partial charge in [-0.1, -0.05) is 50.0 Å². The maximum Gasteiger partial charge on any atom is 0.244 e. The Morgan fingerprint density at radius 2 is 1.63 bits per heavy atom. The normalized spacial score (nSPS) is 12.1. The molecule has 0 saturated carbocycles. The molecule has 0 aliphatic carbocycles. The summed E-state index contributed by atoms with van der Waals surface area (Å²) in [6.45, 7) is 5.46. The second-order valence-corrected chi connectivity index (χ2v) is 11.8.